The number of ether oxygens (including phenoxy) is 1. The van der Waals surface area contributed by atoms with Gasteiger partial charge in [0.1, 0.15) is 0 Å². The molecule has 0 fully saturated rings. The van der Waals surface area contributed by atoms with Crippen LogP contribution in [0.4, 0.5) is 5.69 Å². The Balaban J connectivity index is 1.87. The summed E-state index contributed by atoms with van der Waals surface area (Å²) in [4.78, 5) is 12.0. The Morgan fingerprint density at radius 1 is 1.19 bits per heavy atom. The van der Waals surface area contributed by atoms with Crippen molar-refractivity contribution in [2.24, 2.45) is 0 Å². The topological polar surface area (TPSA) is 38.3 Å². The second-order valence-corrected chi connectivity index (χ2v) is 5.20. The largest absolute Gasteiger partial charge is 0.462 e. The maximum atomic E-state index is 12.0. The fourth-order valence-corrected chi connectivity index (χ4v) is 2.88. The Morgan fingerprint density at radius 3 is 2.76 bits per heavy atom. The first kappa shape index (κ1) is 13.7. The molecule has 0 saturated carbocycles. The van der Waals surface area contributed by atoms with Gasteiger partial charge in [0, 0.05) is 5.69 Å². The zero-order valence-electron chi connectivity index (χ0n) is 12.1. The second kappa shape index (κ2) is 6.00. The van der Waals surface area contributed by atoms with E-state index in [1.165, 1.54) is 5.56 Å². The number of rotatable bonds is 3. The van der Waals surface area contributed by atoms with Gasteiger partial charge in [0.05, 0.1) is 18.2 Å². The van der Waals surface area contributed by atoms with Gasteiger partial charge in [-0.25, -0.2) is 4.79 Å². The second-order valence-electron chi connectivity index (χ2n) is 5.20. The fourth-order valence-electron chi connectivity index (χ4n) is 2.88. The summed E-state index contributed by atoms with van der Waals surface area (Å²) in [7, 11) is 0. The summed E-state index contributed by atoms with van der Waals surface area (Å²) in [5.41, 5.74) is 4.09. The van der Waals surface area contributed by atoms with Gasteiger partial charge in [-0.15, -0.1) is 0 Å². The van der Waals surface area contributed by atoms with E-state index in [4.69, 9.17) is 4.74 Å². The molecule has 21 heavy (non-hydrogen) atoms. The third-order valence-electron chi connectivity index (χ3n) is 3.89. The first-order valence-electron chi connectivity index (χ1n) is 7.40. The van der Waals surface area contributed by atoms with Gasteiger partial charge in [-0.3, -0.25) is 0 Å². The molecule has 3 heteroatoms. The SMILES string of the molecule is CCOC(=O)c1cccc2c1CCC(c1ccccc1)N2. The summed E-state index contributed by atoms with van der Waals surface area (Å²) < 4.78 is 5.14. The highest BCUT2D eigenvalue weighted by atomic mass is 16.5. The minimum atomic E-state index is -0.227. The number of hydrogen-bond donors (Lipinski definition) is 1. The molecule has 1 aliphatic rings. The third kappa shape index (κ3) is 2.77. The molecule has 0 aliphatic carbocycles. The molecule has 2 aromatic carbocycles. The van der Waals surface area contributed by atoms with E-state index >= 15 is 0 Å². The molecule has 0 bridgehead atoms. The number of carbonyl (C=O) groups is 1. The van der Waals surface area contributed by atoms with Gasteiger partial charge in [-0.05, 0) is 43.0 Å². The molecule has 1 N–H and O–H groups in total. The molecule has 1 heterocycles. The number of esters is 1. The average molecular weight is 281 g/mol. The molecule has 2 aromatic rings. The smallest absolute Gasteiger partial charge is 0.338 e. The van der Waals surface area contributed by atoms with Crippen LogP contribution in [-0.2, 0) is 11.2 Å². The maximum Gasteiger partial charge on any atom is 0.338 e. The Labute approximate surface area is 124 Å². The van der Waals surface area contributed by atoms with Crippen molar-refractivity contribution >= 4 is 11.7 Å². The van der Waals surface area contributed by atoms with Crippen LogP contribution in [0.15, 0.2) is 48.5 Å². The molecule has 0 aromatic heterocycles. The maximum absolute atomic E-state index is 12.0. The van der Waals surface area contributed by atoms with Gasteiger partial charge in [-0.2, -0.15) is 0 Å². The number of carbonyl (C=O) groups excluding carboxylic acids is 1. The van der Waals surface area contributed by atoms with E-state index in [1.54, 1.807) is 0 Å². The molecule has 1 unspecified atom stereocenters. The van der Waals surface area contributed by atoms with Gasteiger partial charge in [-0.1, -0.05) is 36.4 Å². The molecular weight excluding hydrogens is 262 g/mol. The lowest BCUT2D eigenvalue weighted by Crippen LogP contribution is -2.20. The quantitative estimate of drug-likeness (QED) is 0.865. The lowest BCUT2D eigenvalue weighted by Gasteiger charge is -2.28. The zero-order valence-corrected chi connectivity index (χ0v) is 12.1. The van der Waals surface area contributed by atoms with E-state index in [0.717, 1.165) is 24.1 Å². The highest BCUT2D eigenvalue weighted by Gasteiger charge is 2.23. The molecule has 0 spiro atoms. The van der Waals surface area contributed by atoms with Crippen LogP contribution in [0.1, 0.15) is 40.9 Å². The van der Waals surface area contributed by atoms with Crippen LogP contribution in [-0.4, -0.2) is 12.6 Å². The number of anilines is 1. The van der Waals surface area contributed by atoms with E-state index in [9.17, 15) is 4.79 Å². The predicted octanol–water partition coefficient (Wildman–Crippen LogP) is 3.96. The standard InChI is InChI=1S/C18H19NO2/c1-2-21-18(20)15-9-6-10-17-14(15)11-12-16(19-17)13-7-4-3-5-8-13/h3-10,16,19H,2,11-12H2,1H3. The van der Waals surface area contributed by atoms with Crippen LogP contribution >= 0.6 is 0 Å². The van der Waals surface area contributed by atoms with Crippen molar-refractivity contribution in [2.75, 3.05) is 11.9 Å². The van der Waals surface area contributed by atoms with Crippen LogP contribution in [0.2, 0.25) is 0 Å². The van der Waals surface area contributed by atoms with Crippen LogP contribution in [0.3, 0.4) is 0 Å². The van der Waals surface area contributed by atoms with Crippen molar-refractivity contribution in [2.45, 2.75) is 25.8 Å². The molecule has 0 amide bonds. The number of hydrogen-bond acceptors (Lipinski definition) is 3. The van der Waals surface area contributed by atoms with Gasteiger partial charge < -0.3 is 10.1 Å². The molecular formula is C18H19NO2. The van der Waals surface area contributed by atoms with Crippen LogP contribution < -0.4 is 5.32 Å². The first-order chi connectivity index (χ1) is 10.3. The van der Waals surface area contributed by atoms with E-state index in [0.29, 0.717) is 18.2 Å². The molecule has 3 rings (SSSR count). The summed E-state index contributed by atoms with van der Waals surface area (Å²) in [6.45, 7) is 2.24. The lowest BCUT2D eigenvalue weighted by molar-refractivity contribution is 0.0525. The van der Waals surface area contributed by atoms with Crippen molar-refractivity contribution in [1.29, 1.82) is 0 Å². The monoisotopic (exact) mass is 281 g/mol. The normalized spacial score (nSPS) is 16.7. The molecule has 0 saturated heterocycles. The Morgan fingerprint density at radius 2 is 2.00 bits per heavy atom. The van der Waals surface area contributed by atoms with E-state index in [1.807, 2.05) is 31.2 Å². The highest BCUT2D eigenvalue weighted by molar-refractivity contribution is 5.93. The van der Waals surface area contributed by atoms with E-state index in [2.05, 4.69) is 29.6 Å². The van der Waals surface area contributed by atoms with Gasteiger partial charge in [0.2, 0.25) is 0 Å². The molecule has 3 nitrogen and oxygen atoms in total. The number of benzene rings is 2. The number of nitrogens with one attached hydrogen (secondary N) is 1. The zero-order chi connectivity index (χ0) is 14.7. The molecule has 1 aliphatic heterocycles. The van der Waals surface area contributed by atoms with Gasteiger partial charge in [0.25, 0.3) is 0 Å². The average Bonchev–Trinajstić information content (AvgIpc) is 2.55. The van der Waals surface area contributed by atoms with E-state index in [-0.39, 0.29) is 5.97 Å². The summed E-state index contributed by atoms with van der Waals surface area (Å²) in [6, 6.07) is 16.5. The first-order valence-corrected chi connectivity index (χ1v) is 7.40. The third-order valence-corrected chi connectivity index (χ3v) is 3.89. The van der Waals surface area contributed by atoms with Gasteiger partial charge >= 0.3 is 5.97 Å². The Bertz CT molecular complexity index is 637. The fraction of sp³-hybridized carbons (Fsp3) is 0.278. The van der Waals surface area contributed by atoms with Crippen LogP contribution in [0.25, 0.3) is 0 Å². The summed E-state index contributed by atoms with van der Waals surface area (Å²) >= 11 is 0. The summed E-state index contributed by atoms with van der Waals surface area (Å²) in [6.07, 6.45) is 1.87. The van der Waals surface area contributed by atoms with E-state index < -0.39 is 0 Å². The molecule has 1 atom stereocenters. The lowest BCUT2D eigenvalue weighted by atomic mass is 9.91. The van der Waals surface area contributed by atoms with Crippen molar-refractivity contribution in [3.05, 3.63) is 65.2 Å². The molecule has 108 valence electrons. The van der Waals surface area contributed by atoms with Gasteiger partial charge in [0.15, 0.2) is 0 Å². The van der Waals surface area contributed by atoms with Crippen molar-refractivity contribution < 1.29 is 9.53 Å². The van der Waals surface area contributed by atoms with Crippen LogP contribution in [0.5, 0.6) is 0 Å². The minimum Gasteiger partial charge on any atom is -0.462 e. The summed E-state index contributed by atoms with van der Waals surface area (Å²) in [5.74, 6) is -0.227. The van der Waals surface area contributed by atoms with Crippen molar-refractivity contribution in [3.8, 4) is 0 Å². The predicted molar refractivity (Wildman–Crippen MR) is 83.5 cm³/mol. The van der Waals surface area contributed by atoms with Crippen molar-refractivity contribution in [1.82, 2.24) is 0 Å². The van der Waals surface area contributed by atoms with Crippen molar-refractivity contribution in [3.63, 3.8) is 0 Å². The summed E-state index contributed by atoms with van der Waals surface area (Å²) in [5, 5.41) is 3.54. The van der Waals surface area contributed by atoms with Crippen LogP contribution in [0, 0.1) is 0 Å². The highest BCUT2D eigenvalue weighted by Crippen LogP contribution is 2.34. The number of fused-ring (bicyclic) bond motifs is 1. The minimum absolute atomic E-state index is 0.227. The Kier molecular flexibility index (Phi) is 3.91. The molecule has 0 radical (unpaired) electrons. The Hall–Kier alpha value is -2.29.